The molecule has 0 fully saturated rings. The maximum Gasteiger partial charge on any atom is 0.239 e. The van der Waals surface area contributed by atoms with Crippen LogP contribution in [0, 0.1) is 0 Å². The lowest BCUT2D eigenvalue weighted by atomic mass is 10.1. The Bertz CT molecular complexity index is 323. The van der Waals surface area contributed by atoms with Crippen LogP contribution in [0.5, 0.6) is 0 Å². The van der Waals surface area contributed by atoms with Crippen LogP contribution in [0.25, 0.3) is 0 Å². The van der Waals surface area contributed by atoms with Crippen molar-refractivity contribution in [2.45, 2.75) is 38.3 Å². The zero-order valence-corrected chi connectivity index (χ0v) is 12.3. The van der Waals surface area contributed by atoms with Crippen LogP contribution in [0.3, 0.4) is 0 Å². The number of nitrogens with two attached hydrogens (primary N) is 1. The fraction of sp³-hybridized carbons (Fsp3) is 0.667. The number of rotatable bonds is 10. The first-order valence-electron chi connectivity index (χ1n) is 6.05. The molecule has 0 heterocycles. The molecule has 0 spiro atoms. The van der Waals surface area contributed by atoms with Gasteiger partial charge in [0.2, 0.25) is 11.8 Å². The van der Waals surface area contributed by atoms with Crippen LogP contribution in [0.4, 0.5) is 0 Å². The Kier molecular flexibility index (Phi) is 9.28. The summed E-state index contributed by atoms with van der Waals surface area (Å²) in [4.78, 5) is 22.6. The fourth-order valence-electron chi connectivity index (χ4n) is 1.49. The number of carbonyl (C=O) groups excluding carboxylic acids is 2. The predicted molar refractivity (Wildman–Crippen MR) is 76.9 cm³/mol. The molecule has 0 aromatic carbocycles. The van der Waals surface area contributed by atoms with E-state index in [2.05, 4.69) is 11.9 Å². The third-order valence-electron chi connectivity index (χ3n) is 2.67. The second-order valence-corrected chi connectivity index (χ2v) is 5.36. The van der Waals surface area contributed by atoms with Gasteiger partial charge < -0.3 is 16.3 Å². The molecular formula is C12H23N3O3S. The molecule has 0 aliphatic carbocycles. The van der Waals surface area contributed by atoms with Crippen molar-refractivity contribution in [3.05, 3.63) is 12.2 Å². The van der Waals surface area contributed by atoms with Gasteiger partial charge in [-0.2, -0.15) is 17.2 Å². The van der Waals surface area contributed by atoms with Gasteiger partial charge in [0.1, 0.15) is 6.04 Å². The topological polar surface area (TPSA) is 104 Å². The largest absolute Gasteiger partial charge is 0.370 e. The van der Waals surface area contributed by atoms with Gasteiger partial charge in [-0.05, 0) is 31.8 Å². The maximum absolute atomic E-state index is 11.9. The van der Waals surface area contributed by atoms with Crippen LogP contribution in [0.1, 0.15) is 26.2 Å². The van der Waals surface area contributed by atoms with Crippen LogP contribution >= 0.6 is 11.8 Å². The number of primary amides is 1. The summed E-state index contributed by atoms with van der Waals surface area (Å²) in [6.07, 6.45) is 2.95. The molecule has 0 saturated carbocycles. The average molecular weight is 289 g/mol. The van der Waals surface area contributed by atoms with Gasteiger partial charge >= 0.3 is 0 Å². The molecule has 7 heteroatoms. The van der Waals surface area contributed by atoms with Crippen molar-refractivity contribution in [2.75, 3.05) is 12.0 Å². The number of nitrogens with one attached hydrogen (secondary N) is 2. The summed E-state index contributed by atoms with van der Waals surface area (Å²) in [6, 6.07) is -0.979. The molecule has 0 aromatic heterocycles. The lowest BCUT2D eigenvalue weighted by Crippen LogP contribution is -2.47. The Morgan fingerprint density at radius 3 is 2.42 bits per heavy atom. The number of hydrogen-bond acceptors (Lipinski definition) is 5. The summed E-state index contributed by atoms with van der Waals surface area (Å²) in [5, 5.41) is 11.7. The molecule has 2 amide bonds. The molecular weight excluding hydrogens is 266 g/mol. The molecule has 5 N–H and O–H groups in total. The molecule has 19 heavy (non-hydrogen) atoms. The molecule has 6 nitrogen and oxygen atoms in total. The summed E-state index contributed by atoms with van der Waals surface area (Å²) in [6.45, 7) is 5.68. The van der Waals surface area contributed by atoms with E-state index in [0.29, 0.717) is 0 Å². The summed E-state index contributed by atoms with van der Waals surface area (Å²) in [7, 11) is 0. The Morgan fingerprint density at radius 2 is 2.00 bits per heavy atom. The third-order valence-corrected chi connectivity index (χ3v) is 3.32. The minimum absolute atomic E-state index is 0.0359. The van der Waals surface area contributed by atoms with Crippen LogP contribution in [0.2, 0.25) is 0 Å². The quantitative estimate of drug-likeness (QED) is 0.344. The monoisotopic (exact) mass is 289 g/mol. The Morgan fingerprint density at radius 1 is 1.37 bits per heavy atom. The predicted octanol–water partition coefficient (Wildman–Crippen LogP) is 0.413. The average Bonchev–Trinajstić information content (AvgIpc) is 2.34. The lowest BCUT2D eigenvalue weighted by Gasteiger charge is -2.22. The number of thioether (sulfide) groups is 1. The summed E-state index contributed by atoms with van der Waals surface area (Å²) in [5.74, 6) is 0.0285. The smallest absolute Gasteiger partial charge is 0.239 e. The van der Waals surface area contributed by atoms with Crippen molar-refractivity contribution in [3.8, 4) is 0 Å². The van der Waals surface area contributed by atoms with Crippen molar-refractivity contribution in [1.29, 1.82) is 0 Å². The SMILES string of the molecule is C=C(C)[C@H](CCSC)NC(=O)[C@H](CCC(N)=O)NO. The van der Waals surface area contributed by atoms with E-state index in [0.717, 1.165) is 17.7 Å². The molecule has 0 rings (SSSR count). The van der Waals surface area contributed by atoms with E-state index >= 15 is 0 Å². The molecule has 0 saturated heterocycles. The van der Waals surface area contributed by atoms with Gasteiger partial charge in [-0.1, -0.05) is 12.2 Å². The van der Waals surface area contributed by atoms with Crippen molar-refractivity contribution >= 4 is 23.6 Å². The highest BCUT2D eigenvalue weighted by Crippen LogP contribution is 2.08. The highest BCUT2D eigenvalue weighted by atomic mass is 32.2. The van der Waals surface area contributed by atoms with Crippen molar-refractivity contribution in [3.63, 3.8) is 0 Å². The zero-order valence-electron chi connectivity index (χ0n) is 11.4. The number of carbonyl (C=O) groups is 2. The Hall–Kier alpha value is -1.05. The second-order valence-electron chi connectivity index (χ2n) is 4.38. The van der Waals surface area contributed by atoms with E-state index in [1.807, 2.05) is 18.7 Å². The summed E-state index contributed by atoms with van der Waals surface area (Å²) >= 11 is 1.68. The Labute approximate surface area is 118 Å². The van der Waals surface area contributed by atoms with Gasteiger partial charge in [0, 0.05) is 6.42 Å². The van der Waals surface area contributed by atoms with E-state index in [9.17, 15) is 9.59 Å². The van der Waals surface area contributed by atoms with Crippen LogP contribution in [-0.2, 0) is 9.59 Å². The van der Waals surface area contributed by atoms with Crippen LogP contribution in [0.15, 0.2) is 12.2 Å². The van der Waals surface area contributed by atoms with E-state index in [1.54, 1.807) is 11.8 Å². The lowest BCUT2D eigenvalue weighted by molar-refractivity contribution is -0.126. The molecule has 2 atom stereocenters. The first-order chi connectivity index (χ1) is 8.92. The third kappa shape index (κ3) is 7.86. The normalized spacial score (nSPS) is 13.6. The number of hydroxylamine groups is 1. The van der Waals surface area contributed by atoms with E-state index < -0.39 is 11.9 Å². The van der Waals surface area contributed by atoms with Crippen molar-refractivity contribution in [1.82, 2.24) is 10.8 Å². The van der Waals surface area contributed by atoms with Crippen LogP contribution in [-0.4, -0.2) is 41.1 Å². The highest BCUT2D eigenvalue weighted by molar-refractivity contribution is 7.98. The summed E-state index contributed by atoms with van der Waals surface area (Å²) < 4.78 is 0. The molecule has 0 aliphatic rings. The van der Waals surface area contributed by atoms with Gasteiger partial charge in [0.25, 0.3) is 0 Å². The minimum Gasteiger partial charge on any atom is -0.370 e. The maximum atomic E-state index is 11.9. The van der Waals surface area contributed by atoms with Gasteiger partial charge in [0.05, 0.1) is 6.04 Å². The Balaban J connectivity index is 4.41. The minimum atomic E-state index is -0.844. The zero-order chi connectivity index (χ0) is 14.8. The van der Waals surface area contributed by atoms with Gasteiger partial charge in [-0.15, -0.1) is 0 Å². The highest BCUT2D eigenvalue weighted by Gasteiger charge is 2.21. The van der Waals surface area contributed by atoms with E-state index in [1.165, 1.54) is 0 Å². The molecule has 0 aromatic rings. The number of hydrogen-bond donors (Lipinski definition) is 4. The summed E-state index contributed by atoms with van der Waals surface area (Å²) in [5.41, 5.74) is 7.77. The molecule has 0 aliphatic heterocycles. The fourth-order valence-corrected chi connectivity index (χ4v) is 1.96. The standard InChI is InChI=1S/C12H23N3O3S/c1-8(2)9(6-7-19-3)14-12(17)10(15-18)4-5-11(13)16/h9-10,15,18H,1,4-7H2,2-3H3,(H2,13,16)(H,14,17)/t9-,10-/m0/s1. The van der Waals surface area contributed by atoms with Crippen LogP contribution < -0.4 is 16.5 Å². The van der Waals surface area contributed by atoms with E-state index in [-0.39, 0.29) is 24.8 Å². The first-order valence-corrected chi connectivity index (χ1v) is 7.44. The van der Waals surface area contributed by atoms with Crippen molar-refractivity contribution < 1.29 is 14.8 Å². The van der Waals surface area contributed by atoms with E-state index in [4.69, 9.17) is 10.9 Å². The molecule has 110 valence electrons. The van der Waals surface area contributed by atoms with Crippen molar-refractivity contribution in [2.24, 2.45) is 5.73 Å². The number of amides is 2. The molecule has 0 bridgehead atoms. The first kappa shape index (κ1) is 17.9. The van der Waals surface area contributed by atoms with Gasteiger partial charge in [-0.3, -0.25) is 9.59 Å². The second kappa shape index (κ2) is 9.82. The molecule has 0 radical (unpaired) electrons. The van der Waals surface area contributed by atoms with Gasteiger partial charge in [-0.25, -0.2) is 0 Å². The molecule has 0 unspecified atom stereocenters. The van der Waals surface area contributed by atoms with Gasteiger partial charge in [0.15, 0.2) is 0 Å².